The Kier molecular flexibility index (Phi) is 5.83. The van der Waals surface area contributed by atoms with Crippen molar-refractivity contribution in [3.63, 3.8) is 0 Å². The van der Waals surface area contributed by atoms with Crippen molar-refractivity contribution in [3.05, 3.63) is 27.2 Å². The van der Waals surface area contributed by atoms with Crippen molar-refractivity contribution in [2.24, 2.45) is 0 Å². The molecular weight excluding hydrogens is 371 g/mol. The van der Waals surface area contributed by atoms with Crippen molar-refractivity contribution in [3.8, 4) is 5.75 Å². The third-order valence-electron chi connectivity index (χ3n) is 3.42. The third-order valence-corrected chi connectivity index (χ3v) is 6.27. The number of halogens is 1. The van der Waals surface area contributed by atoms with Crippen molar-refractivity contribution in [2.45, 2.75) is 33.6 Å². The van der Waals surface area contributed by atoms with Gasteiger partial charge in [-0.1, -0.05) is 15.9 Å². The number of benzene rings is 1. The zero-order chi connectivity index (χ0) is 16.3. The molecule has 1 aromatic rings. The minimum absolute atomic E-state index is 0.0494. The van der Waals surface area contributed by atoms with Crippen LogP contribution in [0.2, 0.25) is 0 Å². The average Bonchev–Trinajstić information content (AvgIpc) is 2.84. The molecule has 22 heavy (non-hydrogen) atoms. The Balaban J connectivity index is 2.27. The first-order valence-electron chi connectivity index (χ1n) is 7.28. The molecule has 0 radical (unpaired) electrons. The Morgan fingerprint density at radius 1 is 1.23 bits per heavy atom. The summed E-state index contributed by atoms with van der Waals surface area (Å²) in [6, 6.07) is 1.79. The van der Waals surface area contributed by atoms with Gasteiger partial charge in [0.2, 0.25) is 0 Å². The minimum atomic E-state index is -3.30. The summed E-state index contributed by atoms with van der Waals surface area (Å²) in [6.45, 7) is 5.98. The van der Waals surface area contributed by atoms with Crippen LogP contribution in [0.5, 0.6) is 5.75 Å². The Labute approximate surface area is 139 Å². The zero-order valence-corrected chi connectivity index (χ0v) is 15.5. The largest absolute Gasteiger partial charge is 0.480 e. The fraction of sp³-hybridized carbons (Fsp3) is 0.533. The van der Waals surface area contributed by atoms with Crippen LogP contribution in [0.15, 0.2) is 10.5 Å². The summed E-state index contributed by atoms with van der Waals surface area (Å²) in [5, 5.41) is 0. The van der Waals surface area contributed by atoms with Crippen LogP contribution in [-0.4, -0.2) is 25.3 Å². The van der Waals surface area contributed by atoms with Crippen LogP contribution < -0.4 is 4.74 Å². The zero-order valence-electron chi connectivity index (χ0n) is 13.0. The fourth-order valence-electron chi connectivity index (χ4n) is 2.50. The average molecular weight is 391 g/mol. The van der Waals surface area contributed by atoms with E-state index in [-0.39, 0.29) is 25.3 Å². The van der Waals surface area contributed by atoms with Crippen LogP contribution in [0.3, 0.4) is 0 Å². The molecule has 0 amide bonds. The maximum Gasteiger partial charge on any atom is 0.367 e. The lowest BCUT2D eigenvalue weighted by Gasteiger charge is -2.19. The SMILES string of the molecule is CCOP(=O)(COc1cc(C)c(Br)c2c1C(=O)CC2)OCC. The van der Waals surface area contributed by atoms with Crippen molar-refractivity contribution in [1.82, 2.24) is 0 Å². The summed E-state index contributed by atoms with van der Waals surface area (Å²) in [5.41, 5.74) is 2.52. The van der Waals surface area contributed by atoms with Gasteiger partial charge in [0.1, 0.15) is 5.75 Å². The van der Waals surface area contributed by atoms with E-state index in [1.54, 1.807) is 19.9 Å². The second-order valence-electron chi connectivity index (χ2n) is 5.00. The lowest BCUT2D eigenvalue weighted by atomic mass is 10.1. The van der Waals surface area contributed by atoms with Gasteiger partial charge in [0.15, 0.2) is 12.1 Å². The highest BCUT2D eigenvalue weighted by molar-refractivity contribution is 9.10. The van der Waals surface area contributed by atoms with Crippen molar-refractivity contribution in [2.75, 3.05) is 19.6 Å². The van der Waals surface area contributed by atoms with E-state index in [9.17, 15) is 9.36 Å². The van der Waals surface area contributed by atoms with E-state index in [1.807, 2.05) is 6.92 Å². The monoisotopic (exact) mass is 390 g/mol. The molecule has 2 rings (SSSR count). The van der Waals surface area contributed by atoms with Crippen LogP contribution in [-0.2, 0) is 20.0 Å². The molecule has 1 aliphatic rings. The van der Waals surface area contributed by atoms with Crippen LogP contribution in [0.25, 0.3) is 0 Å². The number of rotatable bonds is 7. The Bertz CT molecular complexity index is 619. The Hall–Kier alpha value is -0.680. The van der Waals surface area contributed by atoms with Gasteiger partial charge < -0.3 is 13.8 Å². The number of hydrogen-bond donors (Lipinski definition) is 0. The molecule has 0 heterocycles. The first kappa shape index (κ1) is 17.7. The van der Waals surface area contributed by atoms with Gasteiger partial charge in [-0.15, -0.1) is 0 Å². The number of ether oxygens (including phenoxy) is 1. The second-order valence-corrected chi connectivity index (χ2v) is 7.79. The summed E-state index contributed by atoms with van der Waals surface area (Å²) in [4.78, 5) is 12.1. The highest BCUT2D eigenvalue weighted by Gasteiger charge is 2.30. The maximum absolute atomic E-state index is 12.5. The summed E-state index contributed by atoms with van der Waals surface area (Å²) in [6.07, 6.45) is 0.971. The molecule has 0 atom stereocenters. The summed E-state index contributed by atoms with van der Waals surface area (Å²) < 4.78 is 29.5. The molecule has 0 fully saturated rings. The molecule has 7 heteroatoms. The van der Waals surface area contributed by atoms with Crippen LogP contribution in [0.1, 0.15) is 41.8 Å². The van der Waals surface area contributed by atoms with E-state index in [1.165, 1.54) is 0 Å². The van der Waals surface area contributed by atoms with E-state index < -0.39 is 7.60 Å². The summed E-state index contributed by atoms with van der Waals surface area (Å²) in [5.74, 6) is 0.506. The number of ketones is 1. The van der Waals surface area contributed by atoms with Crippen LogP contribution >= 0.6 is 23.5 Å². The van der Waals surface area contributed by atoms with E-state index in [0.29, 0.717) is 24.2 Å². The molecule has 0 aliphatic heterocycles. The van der Waals surface area contributed by atoms with Crippen molar-refractivity contribution >= 4 is 29.3 Å². The molecule has 0 bridgehead atoms. The second kappa shape index (κ2) is 7.26. The highest BCUT2D eigenvalue weighted by Crippen LogP contribution is 2.49. The van der Waals surface area contributed by atoms with Crippen LogP contribution in [0, 0.1) is 6.92 Å². The van der Waals surface area contributed by atoms with E-state index >= 15 is 0 Å². The van der Waals surface area contributed by atoms with Gasteiger partial charge >= 0.3 is 7.60 Å². The van der Waals surface area contributed by atoms with Gasteiger partial charge in [-0.05, 0) is 44.4 Å². The molecule has 0 spiro atoms. The van der Waals surface area contributed by atoms with Gasteiger partial charge in [-0.25, -0.2) is 0 Å². The number of carbonyl (C=O) groups is 1. The molecule has 1 aromatic carbocycles. The molecule has 5 nitrogen and oxygen atoms in total. The van der Waals surface area contributed by atoms with E-state index in [4.69, 9.17) is 13.8 Å². The third kappa shape index (κ3) is 3.62. The molecular formula is C15H20BrO5P. The predicted molar refractivity (Wildman–Crippen MR) is 87.9 cm³/mol. The lowest BCUT2D eigenvalue weighted by molar-refractivity contribution is 0.0990. The smallest absolute Gasteiger partial charge is 0.367 e. The Morgan fingerprint density at radius 2 is 1.86 bits per heavy atom. The van der Waals surface area contributed by atoms with Gasteiger partial charge in [0.05, 0.1) is 18.8 Å². The first-order chi connectivity index (χ1) is 10.4. The highest BCUT2D eigenvalue weighted by atomic mass is 79.9. The van der Waals surface area contributed by atoms with Crippen molar-refractivity contribution in [1.29, 1.82) is 0 Å². The van der Waals surface area contributed by atoms with Gasteiger partial charge in [0.25, 0.3) is 0 Å². The quantitative estimate of drug-likeness (QED) is 0.641. The number of hydrogen-bond acceptors (Lipinski definition) is 5. The molecule has 0 saturated heterocycles. The number of aryl methyl sites for hydroxylation is 1. The van der Waals surface area contributed by atoms with Crippen LogP contribution in [0.4, 0.5) is 0 Å². The number of carbonyl (C=O) groups excluding carboxylic acids is 1. The maximum atomic E-state index is 12.5. The molecule has 1 aliphatic carbocycles. The molecule has 0 unspecified atom stereocenters. The normalized spacial score (nSPS) is 14.3. The standard InChI is InChI=1S/C15H20BrO5P/c1-4-20-22(18,21-5-2)9-19-13-8-10(3)15(16)11-6-7-12(17)14(11)13/h8H,4-7,9H2,1-3H3. The van der Waals surface area contributed by atoms with Crippen molar-refractivity contribution < 1.29 is 23.1 Å². The topological polar surface area (TPSA) is 61.8 Å². The van der Waals surface area contributed by atoms with Gasteiger partial charge in [0, 0.05) is 10.9 Å². The molecule has 0 saturated carbocycles. The molecule has 122 valence electrons. The first-order valence-corrected chi connectivity index (χ1v) is 9.80. The summed E-state index contributed by atoms with van der Waals surface area (Å²) >= 11 is 3.52. The number of Topliss-reactive ketones (excluding diaryl/α,β-unsaturated/α-hetero) is 1. The van der Waals surface area contributed by atoms with E-state index in [2.05, 4.69) is 15.9 Å². The van der Waals surface area contributed by atoms with Gasteiger partial charge in [-0.2, -0.15) is 0 Å². The molecule has 0 N–H and O–H groups in total. The van der Waals surface area contributed by atoms with E-state index in [0.717, 1.165) is 15.6 Å². The minimum Gasteiger partial charge on any atom is -0.480 e. The fourth-order valence-corrected chi connectivity index (χ4v) is 4.32. The van der Waals surface area contributed by atoms with Gasteiger partial charge in [-0.3, -0.25) is 9.36 Å². The molecule has 0 aromatic heterocycles. The predicted octanol–water partition coefficient (Wildman–Crippen LogP) is 4.49. The number of fused-ring (bicyclic) bond motifs is 1. The lowest BCUT2D eigenvalue weighted by Crippen LogP contribution is -2.08. The summed E-state index contributed by atoms with van der Waals surface area (Å²) in [7, 11) is -3.30. The Morgan fingerprint density at radius 3 is 2.45 bits per heavy atom.